The predicted octanol–water partition coefficient (Wildman–Crippen LogP) is -1.51. The molecule has 0 aromatic rings. The normalized spacial score (nSPS) is 12.0. The first kappa shape index (κ1) is 14.8. The van der Waals surface area contributed by atoms with Crippen LogP contribution in [0.4, 0.5) is 0 Å². The van der Waals surface area contributed by atoms with Gasteiger partial charge in [-0.25, -0.2) is 5.84 Å². The van der Waals surface area contributed by atoms with Crippen molar-refractivity contribution in [3.8, 4) is 0 Å². The number of nitrogens with zero attached hydrogens (tertiary/aromatic N) is 1. The molecule has 0 aliphatic rings. The Labute approximate surface area is 94.8 Å². The Morgan fingerprint density at radius 1 is 1.38 bits per heavy atom. The first-order valence-corrected chi connectivity index (χ1v) is 4.87. The second kappa shape index (κ2) is 8.03. The quantitative estimate of drug-likeness (QED) is 0.252. The summed E-state index contributed by atoms with van der Waals surface area (Å²) in [6, 6.07) is -0.218. The molecule has 7 nitrogen and oxygen atoms in total. The van der Waals surface area contributed by atoms with Crippen molar-refractivity contribution in [3.63, 3.8) is 0 Å². The van der Waals surface area contributed by atoms with Crippen LogP contribution < -0.4 is 11.3 Å². The maximum Gasteiger partial charge on any atom is 0.323 e. The molecule has 94 valence electrons. The van der Waals surface area contributed by atoms with Crippen molar-refractivity contribution in [3.05, 3.63) is 0 Å². The molecule has 1 atom stereocenters. The highest BCUT2D eigenvalue weighted by molar-refractivity contribution is 6.34. The molecule has 1 unspecified atom stereocenters. The summed E-state index contributed by atoms with van der Waals surface area (Å²) >= 11 is 0. The second-order valence-electron chi connectivity index (χ2n) is 3.27. The molecule has 0 bridgehead atoms. The van der Waals surface area contributed by atoms with Crippen molar-refractivity contribution in [2.24, 2.45) is 5.84 Å². The molecule has 0 heterocycles. The highest BCUT2D eigenvalue weighted by atomic mass is 16.5. The maximum atomic E-state index is 11.6. The highest BCUT2D eigenvalue weighted by Gasteiger charge is 2.25. The molecule has 0 radical (unpaired) electrons. The summed E-state index contributed by atoms with van der Waals surface area (Å²) in [5.41, 5.74) is 1.81. The molecular weight excluding hydrogens is 214 g/mol. The van der Waals surface area contributed by atoms with Gasteiger partial charge >= 0.3 is 11.8 Å². The molecule has 16 heavy (non-hydrogen) atoms. The summed E-state index contributed by atoms with van der Waals surface area (Å²) in [7, 11) is 3.05. The van der Waals surface area contributed by atoms with Gasteiger partial charge in [-0.05, 0) is 6.92 Å². The van der Waals surface area contributed by atoms with Crippen LogP contribution in [0.15, 0.2) is 0 Å². The summed E-state index contributed by atoms with van der Waals surface area (Å²) in [5, 5.41) is 0. The lowest BCUT2D eigenvalue weighted by Crippen LogP contribution is -2.51. The maximum absolute atomic E-state index is 11.6. The third-order valence-corrected chi connectivity index (χ3v) is 2.06. The number of amides is 2. The number of nitrogens with one attached hydrogen (secondary N) is 1. The molecule has 7 heteroatoms. The van der Waals surface area contributed by atoms with E-state index in [9.17, 15) is 9.59 Å². The van der Waals surface area contributed by atoms with E-state index in [1.807, 2.05) is 0 Å². The van der Waals surface area contributed by atoms with Gasteiger partial charge in [-0.2, -0.15) is 0 Å². The number of hydrazine groups is 1. The van der Waals surface area contributed by atoms with Gasteiger partial charge in [0.2, 0.25) is 0 Å². The Balaban J connectivity index is 4.51. The van der Waals surface area contributed by atoms with Crippen molar-refractivity contribution < 1.29 is 19.1 Å². The standard InChI is InChI=1S/C9H19N3O4/c1-7(6-16-3)12(4-5-15-2)9(14)8(13)11-10/h7H,4-6,10H2,1-3H3,(H,11,13). The van der Waals surface area contributed by atoms with Gasteiger partial charge in [0.15, 0.2) is 0 Å². The number of carbonyl (C=O) groups excluding carboxylic acids is 2. The Kier molecular flexibility index (Phi) is 7.44. The Hall–Kier alpha value is -1.18. The van der Waals surface area contributed by atoms with E-state index in [0.717, 1.165) is 0 Å². The summed E-state index contributed by atoms with van der Waals surface area (Å²) in [5.74, 6) is 3.37. The van der Waals surface area contributed by atoms with Crippen molar-refractivity contribution in [2.45, 2.75) is 13.0 Å². The summed E-state index contributed by atoms with van der Waals surface area (Å²) in [6.07, 6.45) is 0. The van der Waals surface area contributed by atoms with Crippen LogP contribution in [0, 0.1) is 0 Å². The Morgan fingerprint density at radius 3 is 2.44 bits per heavy atom. The van der Waals surface area contributed by atoms with Gasteiger partial charge in [-0.15, -0.1) is 0 Å². The van der Waals surface area contributed by atoms with Crippen LogP contribution in [0.5, 0.6) is 0 Å². The third-order valence-electron chi connectivity index (χ3n) is 2.06. The SMILES string of the molecule is COCCN(C(=O)C(=O)NN)C(C)COC. The fourth-order valence-electron chi connectivity index (χ4n) is 1.24. The zero-order chi connectivity index (χ0) is 12.6. The fraction of sp³-hybridized carbons (Fsp3) is 0.778. The summed E-state index contributed by atoms with van der Waals surface area (Å²) < 4.78 is 9.80. The molecule has 0 fully saturated rings. The molecule has 3 N–H and O–H groups in total. The first-order valence-electron chi connectivity index (χ1n) is 4.87. The van der Waals surface area contributed by atoms with Gasteiger partial charge < -0.3 is 14.4 Å². The van der Waals surface area contributed by atoms with Crippen molar-refractivity contribution in [1.29, 1.82) is 0 Å². The minimum Gasteiger partial charge on any atom is -0.383 e. The number of nitrogens with two attached hydrogens (primary N) is 1. The van der Waals surface area contributed by atoms with Crippen molar-refractivity contribution in [1.82, 2.24) is 10.3 Å². The molecular formula is C9H19N3O4. The van der Waals surface area contributed by atoms with E-state index in [-0.39, 0.29) is 6.04 Å². The molecule has 0 saturated heterocycles. The van der Waals surface area contributed by atoms with Crippen LogP contribution in [-0.4, -0.2) is 56.7 Å². The fourth-order valence-corrected chi connectivity index (χ4v) is 1.24. The van der Waals surface area contributed by atoms with E-state index in [2.05, 4.69) is 0 Å². The molecule has 0 aliphatic heterocycles. The largest absolute Gasteiger partial charge is 0.383 e. The molecule has 0 spiro atoms. The van der Waals surface area contributed by atoms with E-state index < -0.39 is 11.8 Å². The van der Waals surface area contributed by atoms with Gasteiger partial charge in [-0.3, -0.25) is 15.0 Å². The van der Waals surface area contributed by atoms with E-state index >= 15 is 0 Å². The van der Waals surface area contributed by atoms with Crippen LogP contribution in [0.25, 0.3) is 0 Å². The number of hydrogen-bond donors (Lipinski definition) is 2. The van der Waals surface area contributed by atoms with Gasteiger partial charge in [0.05, 0.1) is 19.3 Å². The molecule has 0 aromatic carbocycles. The molecule has 0 aliphatic carbocycles. The predicted molar refractivity (Wildman–Crippen MR) is 57.3 cm³/mol. The average molecular weight is 233 g/mol. The lowest BCUT2D eigenvalue weighted by Gasteiger charge is -2.27. The van der Waals surface area contributed by atoms with E-state index in [4.69, 9.17) is 15.3 Å². The van der Waals surface area contributed by atoms with E-state index in [1.165, 1.54) is 19.1 Å². The minimum absolute atomic E-state index is 0.218. The first-order chi connectivity index (χ1) is 7.58. The van der Waals surface area contributed by atoms with Gasteiger partial charge in [-0.1, -0.05) is 0 Å². The highest BCUT2D eigenvalue weighted by Crippen LogP contribution is 2.00. The number of ether oxygens (including phenoxy) is 2. The van der Waals surface area contributed by atoms with Crippen molar-refractivity contribution >= 4 is 11.8 Å². The van der Waals surface area contributed by atoms with Crippen LogP contribution in [-0.2, 0) is 19.1 Å². The number of methoxy groups -OCH3 is 2. The number of carbonyl (C=O) groups is 2. The second-order valence-corrected chi connectivity index (χ2v) is 3.27. The van der Waals surface area contributed by atoms with Crippen LogP contribution >= 0.6 is 0 Å². The minimum atomic E-state index is -0.848. The zero-order valence-corrected chi connectivity index (χ0v) is 9.86. The molecule has 2 amide bonds. The van der Waals surface area contributed by atoms with Gasteiger partial charge in [0, 0.05) is 20.8 Å². The monoisotopic (exact) mass is 233 g/mol. The van der Waals surface area contributed by atoms with E-state index in [0.29, 0.717) is 19.8 Å². The van der Waals surface area contributed by atoms with Crippen LogP contribution in [0.3, 0.4) is 0 Å². The van der Waals surface area contributed by atoms with Gasteiger partial charge in [0.25, 0.3) is 0 Å². The third kappa shape index (κ3) is 4.56. The molecule has 0 rings (SSSR count). The molecule has 0 saturated carbocycles. The van der Waals surface area contributed by atoms with Crippen LogP contribution in [0.1, 0.15) is 6.92 Å². The summed E-state index contributed by atoms with van der Waals surface area (Å²) in [4.78, 5) is 24.1. The van der Waals surface area contributed by atoms with Gasteiger partial charge in [0.1, 0.15) is 0 Å². The van der Waals surface area contributed by atoms with E-state index in [1.54, 1.807) is 12.3 Å². The lowest BCUT2D eigenvalue weighted by molar-refractivity contribution is -0.148. The topological polar surface area (TPSA) is 93.9 Å². The number of rotatable bonds is 6. The Bertz CT molecular complexity index is 235. The number of hydrogen-bond acceptors (Lipinski definition) is 5. The van der Waals surface area contributed by atoms with Crippen LogP contribution in [0.2, 0.25) is 0 Å². The Morgan fingerprint density at radius 2 is 2.00 bits per heavy atom. The summed E-state index contributed by atoms with van der Waals surface area (Å²) in [6.45, 7) is 2.78. The lowest BCUT2D eigenvalue weighted by atomic mass is 10.3. The smallest absolute Gasteiger partial charge is 0.323 e. The zero-order valence-electron chi connectivity index (χ0n) is 9.86. The molecule has 0 aromatic heterocycles. The average Bonchev–Trinajstić information content (AvgIpc) is 2.28. The van der Waals surface area contributed by atoms with Crippen molar-refractivity contribution in [2.75, 3.05) is 34.0 Å².